The number of aliphatic hydroxyl groups excluding tert-OH is 1. The lowest BCUT2D eigenvalue weighted by molar-refractivity contribution is -0.132. The Kier molecular flexibility index (Phi) is 5.21. The van der Waals surface area contributed by atoms with Crippen molar-refractivity contribution in [3.8, 4) is 17.2 Å². The number of rotatable bonds is 4. The zero-order chi connectivity index (χ0) is 23.1. The molecule has 9 nitrogen and oxygen atoms in total. The first kappa shape index (κ1) is 21.0. The fraction of sp³-hybridized carbons (Fsp3) is 0.217. The molecule has 3 aromatic rings. The average molecular weight is 465 g/mol. The minimum absolute atomic E-state index is 0.0466. The highest BCUT2D eigenvalue weighted by molar-refractivity contribution is 7.15. The number of hydrogen-bond acceptors (Lipinski definition) is 9. The molecule has 1 unspecified atom stereocenters. The molecule has 1 saturated heterocycles. The van der Waals surface area contributed by atoms with E-state index in [1.54, 1.807) is 56.5 Å². The van der Waals surface area contributed by atoms with Crippen LogP contribution >= 0.6 is 11.3 Å². The van der Waals surface area contributed by atoms with Gasteiger partial charge in [-0.2, -0.15) is 0 Å². The lowest BCUT2D eigenvalue weighted by Gasteiger charge is -2.23. The van der Waals surface area contributed by atoms with Gasteiger partial charge in [-0.15, -0.1) is 10.2 Å². The van der Waals surface area contributed by atoms with Gasteiger partial charge in [-0.25, -0.2) is 0 Å². The van der Waals surface area contributed by atoms with Crippen molar-refractivity contribution in [2.45, 2.75) is 13.0 Å². The van der Waals surface area contributed by atoms with Crippen molar-refractivity contribution in [1.29, 1.82) is 0 Å². The molecule has 1 N–H and O–H groups in total. The number of aliphatic hydroxyl groups is 1. The highest BCUT2D eigenvalue weighted by atomic mass is 32.1. The summed E-state index contributed by atoms with van der Waals surface area (Å²) in [6.07, 6.45) is 0. The fourth-order valence-corrected chi connectivity index (χ4v) is 4.58. The van der Waals surface area contributed by atoms with Crippen LogP contribution in [0.4, 0.5) is 5.13 Å². The molecule has 5 rings (SSSR count). The predicted octanol–water partition coefficient (Wildman–Crippen LogP) is 3.25. The molecule has 0 saturated carbocycles. The molecule has 2 aliphatic rings. The Morgan fingerprint density at radius 1 is 1.09 bits per heavy atom. The Balaban J connectivity index is 1.67. The summed E-state index contributed by atoms with van der Waals surface area (Å²) in [5.74, 6) is -0.277. The summed E-state index contributed by atoms with van der Waals surface area (Å²) in [7, 11) is 1.55. The maximum Gasteiger partial charge on any atom is 0.301 e. The van der Waals surface area contributed by atoms with Crippen molar-refractivity contribution < 1.29 is 28.9 Å². The summed E-state index contributed by atoms with van der Waals surface area (Å²) in [5, 5.41) is 20.2. The smallest absolute Gasteiger partial charge is 0.301 e. The molecular weight excluding hydrogens is 446 g/mol. The number of methoxy groups -OCH3 is 1. The van der Waals surface area contributed by atoms with Crippen LogP contribution in [0.25, 0.3) is 5.76 Å². The Morgan fingerprint density at radius 3 is 2.48 bits per heavy atom. The monoisotopic (exact) mass is 465 g/mol. The molecule has 1 amide bonds. The van der Waals surface area contributed by atoms with E-state index in [-0.39, 0.29) is 16.5 Å². The van der Waals surface area contributed by atoms with Crippen LogP contribution in [-0.2, 0) is 9.59 Å². The Hall–Kier alpha value is -3.92. The molecule has 33 heavy (non-hydrogen) atoms. The Bertz CT molecular complexity index is 1280. The van der Waals surface area contributed by atoms with Crippen molar-refractivity contribution >= 4 is 33.9 Å². The van der Waals surface area contributed by atoms with E-state index >= 15 is 0 Å². The highest BCUT2D eigenvalue weighted by Gasteiger charge is 2.48. The van der Waals surface area contributed by atoms with E-state index in [1.807, 2.05) is 0 Å². The molecule has 1 fully saturated rings. The standard InChI is InChI=1S/C23H19N3O6S/c1-12-24-25-23(33-12)26-19(13-3-6-15(30-2)7-4-13)18(21(28)22(26)29)20(27)14-5-8-16-17(11-14)32-10-9-31-16/h3-8,11,19,27H,9-10H2,1-2H3/b20-18+. The second kappa shape index (κ2) is 8.21. The molecule has 2 aromatic carbocycles. The van der Waals surface area contributed by atoms with E-state index in [0.717, 1.165) is 0 Å². The first-order valence-electron chi connectivity index (χ1n) is 10.1. The van der Waals surface area contributed by atoms with Gasteiger partial charge >= 0.3 is 5.91 Å². The number of benzene rings is 2. The molecule has 10 heteroatoms. The molecule has 0 bridgehead atoms. The molecule has 2 aliphatic heterocycles. The summed E-state index contributed by atoms with van der Waals surface area (Å²) in [4.78, 5) is 27.6. The van der Waals surface area contributed by atoms with Crippen molar-refractivity contribution in [1.82, 2.24) is 10.2 Å². The van der Waals surface area contributed by atoms with Crippen molar-refractivity contribution in [2.75, 3.05) is 25.2 Å². The molecule has 1 aromatic heterocycles. The van der Waals surface area contributed by atoms with Gasteiger partial charge in [-0.05, 0) is 42.8 Å². The summed E-state index contributed by atoms with van der Waals surface area (Å²) >= 11 is 1.19. The zero-order valence-electron chi connectivity index (χ0n) is 17.8. The number of anilines is 1. The molecule has 0 radical (unpaired) electrons. The third-order valence-corrected chi connectivity index (χ3v) is 6.25. The average Bonchev–Trinajstić information content (AvgIpc) is 3.38. The number of amides is 1. The summed E-state index contributed by atoms with van der Waals surface area (Å²) in [6.45, 7) is 2.57. The van der Waals surface area contributed by atoms with Crippen LogP contribution in [0.15, 0.2) is 48.0 Å². The number of Topliss-reactive ketones (excluding diaryl/α,β-unsaturated/α-hetero) is 1. The van der Waals surface area contributed by atoms with E-state index in [1.165, 1.54) is 16.2 Å². The van der Waals surface area contributed by atoms with Gasteiger partial charge in [0.1, 0.15) is 29.7 Å². The number of carbonyl (C=O) groups excluding carboxylic acids is 2. The fourth-order valence-electron chi connectivity index (χ4n) is 3.86. The van der Waals surface area contributed by atoms with Crippen LogP contribution in [0, 0.1) is 6.92 Å². The number of aromatic nitrogens is 2. The number of ketones is 1. The van der Waals surface area contributed by atoms with Crippen LogP contribution in [0.1, 0.15) is 22.2 Å². The lowest BCUT2D eigenvalue weighted by atomic mass is 9.95. The maximum atomic E-state index is 13.2. The van der Waals surface area contributed by atoms with Crippen LogP contribution in [0.5, 0.6) is 17.2 Å². The van der Waals surface area contributed by atoms with Gasteiger partial charge in [0.15, 0.2) is 11.5 Å². The van der Waals surface area contributed by atoms with Gasteiger partial charge in [0.25, 0.3) is 5.78 Å². The van der Waals surface area contributed by atoms with E-state index < -0.39 is 17.7 Å². The quantitative estimate of drug-likeness (QED) is 0.355. The van der Waals surface area contributed by atoms with Crippen LogP contribution in [-0.4, -0.2) is 47.3 Å². The molecule has 0 spiro atoms. The minimum atomic E-state index is -0.892. The van der Waals surface area contributed by atoms with Crippen LogP contribution in [0.2, 0.25) is 0 Å². The predicted molar refractivity (Wildman–Crippen MR) is 120 cm³/mol. The second-order valence-corrected chi connectivity index (χ2v) is 8.56. The van der Waals surface area contributed by atoms with Gasteiger partial charge in [0.2, 0.25) is 5.13 Å². The molecular formula is C23H19N3O6S. The van der Waals surface area contributed by atoms with E-state index in [2.05, 4.69) is 10.2 Å². The third kappa shape index (κ3) is 3.58. The molecule has 3 heterocycles. The summed E-state index contributed by atoms with van der Waals surface area (Å²) in [5.41, 5.74) is 0.904. The number of fused-ring (bicyclic) bond motifs is 1. The Morgan fingerprint density at radius 2 is 1.82 bits per heavy atom. The zero-order valence-corrected chi connectivity index (χ0v) is 18.6. The number of nitrogens with zero attached hydrogens (tertiary/aromatic N) is 3. The number of aryl methyl sites for hydroxylation is 1. The highest BCUT2D eigenvalue weighted by Crippen LogP contribution is 2.44. The number of carbonyl (C=O) groups is 2. The number of ether oxygens (including phenoxy) is 3. The maximum absolute atomic E-state index is 13.2. The largest absolute Gasteiger partial charge is 0.507 e. The normalized spacial score (nSPS) is 19.1. The van der Waals surface area contributed by atoms with Gasteiger partial charge < -0.3 is 19.3 Å². The SMILES string of the molecule is COc1ccc(C2/C(=C(\O)c3ccc4c(c3)OCCO4)C(=O)C(=O)N2c2nnc(C)s2)cc1. The summed E-state index contributed by atoms with van der Waals surface area (Å²) in [6, 6.07) is 10.9. The molecule has 0 aliphatic carbocycles. The van der Waals surface area contributed by atoms with Gasteiger partial charge in [-0.3, -0.25) is 14.5 Å². The van der Waals surface area contributed by atoms with Gasteiger partial charge in [0, 0.05) is 5.56 Å². The van der Waals surface area contributed by atoms with Crippen molar-refractivity contribution in [2.24, 2.45) is 0 Å². The van der Waals surface area contributed by atoms with Crippen molar-refractivity contribution in [3.05, 3.63) is 64.2 Å². The first-order chi connectivity index (χ1) is 16.0. The van der Waals surface area contributed by atoms with E-state index in [4.69, 9.17) is 14.2 Å². The first-order valence-corrected chi connectivity index (χ1v) is 10.9. The minimum Gasteiger partial charge on any atom is -0.507 e. The van der Waals surface area contributed by atoms with Gasteiger partial charge in [0.05, 0.1) is 18.7 Å². The topological polar surface area (TPSA) is 111 Å². The summed E-state index contributed by atoms with van der Waals surface area (Å²) < 4.78 is 16.4. The molecule has 168 valence electrons. The van der Waals surface area contributed by atoms with Gasteiger partial charge in [-0.1, -0.05) is 23.5 Å². The third-order valence-electron chi connectivity index (χ3n) is 5.41. The van der Waals surface area contributed by atoms with Crippen LogP contribution < -0.4 is 19.1 Å². The Labute approximate surface area is 192 Å². The van der Waals surface area contributed by atoms with E-state index in [9.17, 15) is 14.7 Å². The van der Waals surface area contributed by atoms with Crippen LogP contribution in [0.3, 0.4) is 0 Å². The van der Waals surface area contributed by atoms with Crippen molar-refractivity contribution in [3.63, 3.8) is 0 Å². The van der Waals surface area contributed by atoms with E-state index in [0.29, 0.717) is 46.6 Å². The lowest BCUT2D eigenvalue weighted by Crippen LogP contribution is -2.29. The number of hydrogen-bond donors (Lipinski definition) is 1. The second-order valence-electron chi connectivity index (χ2n) is 7.40. The molecule has 1 atom stereocenters.